The monoisotopic (exact) mass is 527 g/mol. The van der Waals surface area contributed by atoms with E-state index in [1.165, 1.54) is 12.1 Å². The SMILES string of the molecule is CC.CCC(C)(C)OC(=O)Nc1ccc(Cc2cc3c(cc2Cl)C=C(C(=O)O)C(C(F)(F)F)O3)cc1. The van der Waals surface area contributed by atoms with E-state index in [0.29, 0.717) is 17.7 Å². The minimum atomic E-state index is -4.89. The highest BCUT2D eigenvalue weighted by Crippen LogP contribution is 2.39. The van der Waals surface area contributed by atoms with Gasteiger partial charge in [-0.15, -0.1) is 0 Å². The molecular weight excluding hydrogens is 499 g/mol. The Morgan fingerprint density at radius 1 is 1.14 bits per heavy atom. The van der Waals surface area contributed by atoms with Gasteiger partial charge in [0.05, 0.1) is 5.57 Å². The Labute approximate surface area is 213 Å². The van der Waals surface area contributed by atoms with Crippen LogP contribution in [0.4, 0.5) is 23.7 Å². The first kappa shape index (κ1) is 29.0. The summed E-state index contributed by atoms with van der Waals surface area (Å²) in [6.45, 7) is 9.51. The lowest BCUT2D eigenvalue weighted by Crippen LogP contribution is -2.40. The number of alkyl halides is 3. The van der Waals surface area contributed by atoms with Crippen molar-refractivity contribution in [2.45, 2.75) is 65.3 Å². The summed E-state index contributed by atoms with van der Waals surface area (Å²) >= 11 is 6.31. The molecule has 1 unspecified atom stereocenters. The number of carbonyl (C=O) groups is 2. The average molecular weight is 528 g/mol. The zero-order valence-electron chi connectivity index (χ0n) is 20.6. The second-order valence-corrected chi connectivity index (χ2v) is 8.83. The van der Waals surface area contributed by atoms with Crippen LogP contribution in [0.25, 0.3) is 6.08 Å². The van der Waals surface area contributed by atoms with Crippen LogP contribution in [-0.2, 0) is 16.0 Å². The first-order chi connectivity index (χ1) is 16.8. The van der Waals surface area contributed by atoms with Gasteiger partial charge in [0.2, 0.25) is 6.10 Å². The molecule has 0 aromatic heterocycles. The number of hydrogen-bond donors (Lipinski definition) is 2. The molecule has 1 heterocycles. The highest BCUT2D eigenvalue weighted by Gasteiger charge is 2.48. The van der Waals surface area contributed by atoms with Gasteiger partial charge in [-0.2, -0.15) is 13.2 Å². The molecule has 36 heavy (non-hydrogen) atoms. The van der Waals surface area contributed by atoms with Gasteiger partial charge in [0.15, 0.2) is 0 Å². The largest absolute Gasteiger partial charge is 0.478 e. The first-order valence-electron chi connectivity index (χ1n) is 11.4. The lowest BCUT2D eigenvalue weighted by atomic mass is 9.97. The number of aliphatic carboxylic acids is 1. The Hall–Kier alpha value is -3.20. The van der Waals surface area contributed by atoms with Gasteiger partial charge < -0.3 is 14.6 Å². The van der Waals surface area contributed by atoms with Gasteiger partial charge in [-0.3, -0.25) is 5.32 Å². The molecule has 1 aliphatic heterocycles. The molecule has 0 radical (unpaired) electrons. The number of carboxylic acid groups (broad SMARTS) is 1. The van der Waals surface area contributed by atoms with Crippen molar-refractivity contribution >= 4 is 35.4 Å². The van der Waals surface area contributed by atoms with Crippen LogP contribution in [0.2, 0.25) is 5.02 Å². The summed E-state index contributed by atoms with van der Waals surface area (Å²) in [6.07, 6.45) is -6.19. The van der Waals surface area contributed by atoms with Crippen LogP contribution in [-0.4, -0.2) is 35.1 Å². The number of rotatable bonds is 6. The fourth-order valence-electron chi connectivity index (χ4n) is 3.20. The van der Waals surface area contributed by atoms with Gasteiger partial charge >= 0.3 is 18.2 Å². The maximum Gasteiger partial charge on any atom is 0.430 e. The molecule has 196 valence electrons. The maximum atomic E-state index is 13.3. The zero-order chi connectivity index (χ0) is 27.3. The van der Waals surface area contributed by atoms with Crippen molar-refractivity contribution in [1.29, 1.82) is 0 Å². The summed E-state index contributed by atoms with van der Waals surface area (Å²) in [4.78, 5) is 23.3. The fraction of sp³-hybridized carbons (Fsp3) is 0.385. The third-order valence-electron chi connectivity index (χ3n) is 5.38. The number of nitrogens with one attached hydrogen (secondary N) is 1. The van der Waals surface area contributed by atoms with Crippen LogP contribution in [0.5, 0.6) is 5.75 Å². The number of benzene rings is 2. The number of amides is 1. The quantitative estimate of drug-likeness (QED) is 0.406. The number of carboxylic acids is 1. The number of hydrogen-bond acceptors (Lipinski definition) is 4. The molecule has 2 aromatic carbocycles. The van der Waals surface area contributed by atoms with Gasteiger partial charge in [-0.05, 0) is 68.2 Å². The molecule has 10 heteroatoms. The van der Waals surface area contributed by atoms with Crippen LogP contribution >= 0.6 is 11.6 Å². The Kier molecular flexibility index (Phi) is 9.43. The third-order valence-corrected chi connectivity index (χ3v) is 5.73. The highest BCUT2D eigenvalue weighted by molar-refractivity contribution is 6.31. The molecule has 0 saturated carbocycles. The van der Waals surface area contributed by atoms with E-state index in [2.05, 4.69) is 5.32 Å². The molecule has 3 rings (SSSR count). The Bertz CT molecular complexity index is 1130. The van der Waals surface area contributed by atoms with Crippen molar-refractivity contribution in [1.82, 2.24) is 0 Å². The van der Waals surface area contributed by atoms with Gasteiger partial charge in [0, 0.05) is 16.3 Å². The molecule has 0 aliphatic carbocycles. The minimum absolute atomic E-state index is 0.105. The predicted octanol–water partition coefficient (Wildman–Crippen LogP) is 7.49. The number of ether oxygens (including phenoxy) is 2. The Balaban J connectivity index is 0.00000222. The van der Waals surface area contributed by atoms with Crippen LogP contribution in [0.1, 0.15) is 57.7 Å². The molecule has 1 atom stereocenters. The summed E-state index contributed by atoms with van der Waals surface area (Å²) < 4.78 is 50.3. The third kappa shape index (κ3) is 7.40. The average Bonchev–Trinajstić information content (AvgIpc) is 2.80. The molecule has 0 fully saturated rings. The molecule has 0 bridgehead atoms. The van der Waals surface area contributed by atoms with Gasteiger partial charge in [-0.25, -0.2) is 9.59 Å². The first-order valence-corrected chi connectivity index (χ1v) is 11.8. The molecule has 1 amide bonds. The minimum Gasteiger partial charge on any atom is -0.478 e. The highest BCUT2D eigenvalue weighted by atomic mass is 35.5. The molecule has 6 nitrogen and oxygen atoms in total. The van der Waals surface area contributed by atoms with E-state index in [9.17, 15) is 22.8 Å². The van der Waals surface area contributed by atoms with E-state index >= 15 is 0 Å². The van der Waals surface area contributed by atoms with Crippen LogP contribution in [0.3, 0.4) is 0 Å². The van der Waals surface area contributed by atoms with Crippen molar-refractivity contribution in [2.24, 2.45) is 0 Å². The number of carbonyl (C=O) groups excluding carboxylic acids is 1. The lowest BCUT2D eigenvalue weighted by molar-refractivity contribution is -0.187. The van der Waals surface area contributed by atoms with E-state index in [0.717, 1.165) is 11.6 Å². The smallest absolute Gasteiger partial charge is 0.430 e. The van der Waals surface area contributed by atoms with Crippen LogP contribution < -0.4 is 10.1 Å². The molecular formula is C26H29ClF3NO5. The fourth-order valence-corrected chi connectivity index (χ4v) is 3.44. The zero-order valence-corrected chi connectivity index (χ0v) is 21.4. The Morgan fingerprint density at radius 3 is 2.28 bits per heavy atom. The lowest BCUT2D eigenvalue weighted by Gasteiger charge is -2.27. The Morgan fingerprint density at radius 2 is 1.75 bits per heavy atom. The topological polar surface area (TPSA) is 84.9 Å². The number of halogens is 4. The summed E-state index contributed by atoms with van der Waals surface area (Å²) in [5.41, 5.74) is 0.436. The van der Waals surface area contributed by atoms with Gasteiger partial charge in [0.1, 0.15) is 11.4 Å². The van der Waals surface area contributed by atoms with E-state index in [-0.39, 0.29) is 22.8 Å². The summed E-state index contributed by atoms with van der Waals surface area (Å²) in [6, 6.07) is 9.56. The van der Waals surface area contributed by atoms with E-state index in [1.54, 1.807) is 38.1 Å². The summed E-state index contributed by atoms with van der Waals surface area (Å²) in [7, 11) is 0. The van der Waals surface area contributed by atoms with Crippen molar-refractivity contribution in [3.05, 3.63) is 63.7 Å². The number of anilines is 1. The predicted molar refractivity (Wildman–Crippen MR) is 133 cm³/mol. The summed E-state index contributed by atoms with van der Waals surface area (Å²) in [5.74, 6) is -1.82. The van der Waals surface area contributed by atoms with Gasteiger partial charge in [-0.1, -0.05) is 44.5 Å². The molecule has 2 N–H and O–H groups in total. The van der Waals surface area contributed by atoms with Crippen molar-refractivity contribution in [3.63, 3.8) is 0 Å². The van der Waals surface area contributed by atoms with E-state index in [4.69, 9.17) is 26.2 Å². The maximum absolute atomic E-state index is 13.3. The molecule has 1 aliphatic rings. The second-order valence-electron chi connectivity index (χ2n) is 8.43. The second kappa shape index (κ2) is 11.7. The number of fused-ring (bicyclic) bond motifs is 1. The van der Waals surface area contributed by atoms with Crippen LogP contribution in [0.15, 0.2) is 42.0 Å². The van der Waals surface area contributed by atoms with Gasteiger partial charge in [0.25, 0.3) is 0 Å². The standard InChI is InChI=1S/C24H23ClF3NO5.C2H6/c1-4-23(2,3)34-22(32)29-16-7-5-13(6-8-16)9-14-12-19-15(11-18(14)25)10-17(21(30)31)20(33-19)24(26,27)28;1-2/h5-8,10-12,20H,4,9H2,1-3H3,(H,29,32)(H,30,31);1-2H3. The molecule has 0 saturated heterocycles. The molecule has 2 aromatic rings. The normalized spacial score (nSPS) is 14.9. The van der Waals surface area contributed by atoms with Crippen molar-refractivity contribution < 1.29 is 37.3 Å². The van der Waals surface area contributed by atoms with E-state index in [1.807, 2.05) is 20.8 Å². The van der Waals surface area contributed by atoms with Crippen LogP contribution in [0, 0.1) is 0 Å². The van der Waals surface area contributed by atoms with Crippen molar-refractivity contribution in [3.8, 4) is 5.75 Å². The van der Waals surface area contributed by atoms with Crippen molar-refractivity contribution in [2.75, 3.05) is 5.32 Å². The summed E-state index contributed by atoms with van der Waals surface area (Å²) in [5, 5.41) is 12.0. The van der Waals surface area contributed by atoms with E-state index < -0.39 is 35.5 Å². The molecule has 0 spiro atoms.